The van der Waals surface area contributed by atoms with E-state index in [1.807, 2.05) is 0 Å². The number of rotatable bonds is 7. The minimum atomic E-state index is -0.819. The molecule has 0 aliphatic carbocycles. The van der Waals surface area contributed by atoms with E-state index in [0.717, 1.165) is 32.5 Å². The molecule has 1 aliphatic heterocycles. The summed E-state index contributed by atoms with van der Waals surface area (Å²) in [7, 11) is 0. The molecule has 1 rings (SSSR count). The smallest absolute Gasteiger partial charge is 0.305 e. The normalized spacial score (nSPS) is 18.8. The van der Waals surface area contributed by atoms with Crippen molar-refractivity contribution in [3.63, 3.8) is 0 Å². The third-order valence-corrected chi connectivity index (χ3v) is 2.81. The fraction of sp³-hybridized carbons (Fsp3) is 0.909. The van der Waals surface area contributed by atoms with Crippen LogP contribution < -0.4 is 0 Å². The van der Waals surface area contributed by atoms with Crippen molar-refractivity contribution in [2.24, 2.45) is 0 Å². The first-order chi connectivity index (χ1) is 7.72. The predicted octanol–water partition coefficient (Wildman–Crippen LogP) is 1.30. The van der Waals surface area contributed by atoms with Crippen LogP contribution in [0.4, 0.5) is 4.39 Å². The Hall–Kier alpha value is -0.680. The van der Waals surface area contributed by atoms with Gasteiger partial charge in [-0.3, -0.25) is 9.18 Å². The van der Waals surface area contributed by atoms with Crippen molar-refractivity contribution in [3.8, 4) is 0 Å². The Kier molecular flexibility index (Phi) is 6.33. The van der Waals surface area contributed by atoms with E-state index in [-0.39, 0.29) is 19.2 Å². The first-order valence-electron chi connectivity index (χ1n) is 5.84. The summed E-state index contributed by atoms with van der Waals surface area (Å²) in [5, 5.41) is 8.46. The molecule has 5 heteroatoms. The number of alkyl halides is 1. The highest BCUT2D eigenvalue weighted by Crippen LogP contribution is 2.14. The summed E-state index contributed by atoms with van der Waals surface area (Å²) in [4.78, 5) is 12.5. The van der Waals surface area contributed by atoms with E-state index in [4.69, 9.17) is 9.84 Å². The Labute approximate surface area is 95.4 Å². The summed E-state index contributed by atoms with van der Waals surface area (Å²) in [5.74, 6) is -0.819. The van der Waals surface area contributed by atoms with Gasteiger partial charge in [0.05, 0.1) is 25.8 Å². The van der Waals surface area contributed by atoms with Gasteiger partial charge in [-0.15, -0.1) is 0 Å². The molecule has 1 N–H and O–H groups in total. The van der Waals surface area contributed by atoms with Crippen molar-refractivity contribution in [1.29, 1.82) is 0 Å². The molecule has 0 aromatic heterocycles. The van der Waals surface area contributed by atoms with E-state index in [1.54, 1.807) is 0 Å². The van der Waals surface area contributed by atoms with Crippen LogP contribution in [0.1, 0.15) is 25.7 Å². The van der Waals surface area contributed by atoms with Crippen LogP contribution in [0.15, 0.2) is 0 Å². The second kappa shape index (κ2) is 7.57. The Balaban J connectivity index is 2.05. The molecular weight excluding hydrogens is 213 g/mol. The van der Waals surface area contributed by atoms with Gasteiger partial charge < -0.3 is 14.7 Å². The average Bonchev–Trinajstić information content (AvgIpc) is 2.27. The van der Waals surface area contributed by atoms with Crippen LogP contribution in [0.25, 0.3) is 0 Å². The third-order valence-electron chi connectivity index (χ3n) is 2.81. The highest BCUT2D eigenvalue weighted by atomic mass is 19.1. The van der Waals surface area contributed by atoms with E-state index < -0.39 is 5.97 Å². The van der Waals surface area contributed by atoms with Crippen LogP contribution in [-0.4, -0.2) is 55.0 Å². The molecule has 0 amide bonds. The molecule has 0 radical (unpaired) electrons. The van der Waals surface area contributed by atoms with Crippen molar-refractivity contribution in [1.82, 2.24) is 4.90 Å². The molecule has 4 nitrogen and oxygen atoms in total. The van der Waals surface area contributed by atoms with Gasteiger partial charge in [-0.1, -0.05) is 0 Å². The molecule has 0 aromatic carbocycles. The molecular formula is C11H20FNO3. The average molecular weight is 233 g/mol. The van der Waals surface area contributed by atoms with E-state index in [1.165, 1.54) is 0 Å². The van der Waals surface area contributed by atoms with Gasteiger partial charge >= 0.3 is 5.97 Å². The predicted molar refractivity (Wildman–Crippen MR) is 58.3 cm³/mol. The molecule has 16 heavy (non-hydrogen) atoms. The van der Waals surface area contributed by atoms with Crippen molar-refractivity contribution in [2.75, 3.05) is 32.9 Å². The Bertz CT molecular complexity index is 205. The number of halogens is 1. The largest absolute Gasteiger partial charge is 0.481 e. The van der Waals surface area contributed by atoms with E-state index in [2.05, 4.69) is 4.90 Å². The Morgan fingerprint density at radius 2 is 2.12 bits per heavy atom. The van der Waals surface area contributed by atoms with Crippen LogP contribution >= 0.6 is 0 Å². The van der Waals surface area contributed by atoms with Crippen LogP contribution in [0.2, 0.25) is 0 Å². The summed E-state index contributed by atoms with van der Waals surface area (Å²) < 4.78 is 17.4. The number of carbonyl (C=O) groups is 1. The number of aliphatic carboxylic acids is 1. The standard InChI is InChI=1S/C11H20FNO3/c12-5-1-6-13-7-2-10(3-8-13)16-9-4-11(14)15/h10H,1-9H2,(H,14,15). The number of piperidine rings is 1. The van der Waals surface area contributed by atoms with Crippen molar-refractivity contribution in [2.45, 2.75) is 31.8 Å². The van der Waals surface area contributed by atoms with Gasteiger partial charge in [-0.25, -0.2) is 0 Å². The van der Waals surface area contributed by atoms with Crippen molar-refractivity contribution in [3.05, 3.63) is 0 Å². The quantitative estimate of drug-likeness (QED) is 0.720. The summed E-state index contributed by atoms with van der Waals surface area (Å²) in [6.07, 6.45) is 2.70. The zero-order chi connectivity index (χ0) is 11.8. The van der Waals surface area contributed by atoms with E-state index >= 15 is 0 Å². The molecule has 1 aliphatic rings. The van der Waals surface area contributed by atoms with E-state index in [0.29, 0.717) is 13.0 Å². The topological polar surface area (TPSA) is 49.8 Å². The maximum atomic E-state index is 12.0. The second-order valence-electron chi connectivity index (χ2n) is 4.10. The lowest BCUT2D eigenvalue weighted by atomic mass is 10.1. The van der Waals surface area contributed by atoms with Crippen LogP contribution in [-0.2, 0) is 9.53 Å². The summed E-state index contributed by atoms with van der Waals surface area (Å²) in [5.41, 5.74) is 0. The lowest BCUT2D eigenvalue weighted by molar-refractivity contribution is -0.138. The minimum absolute atomic E-state index is 0.0715. The van der Waals surface area contributed by atoms with Crippen LogP contribution in [0.5, 0.6) is 0 Å². The van der Waals surface area contributed by atoms with Gasteiger partial charge in [0.25, 0.3) is 0 Å². The summed E-state index contributed by atoms with van der Waals surface area (Å²) in [6, 6.07) is 0. The van der Waals surface area contributed by atoms with Gasteiger partial charge in [0.1, 0.15) is 0 Å². The summed E-state index contributed by atoms with van der Waals surface area (Å²) in [6.45, 7) is 2.72. The zero-order valence-corrected chi connectivity index (χ0v) is 9.53. The number of nitrogens with zero attached hydrogens (tertiary/aromatic N) is 1. The second-order valence-corrected chi connectivity index (χ2v) is 4.10. The lowest BCUT2D eigenvalue weighted by Crippen LogP contribution is -2.37. The number of hydrogen-bond donors (Lipinski definition) is 1. The highest BCUT2D eigenvalue weighted by molar-refractivity contribution is 5.66. The van der Waals surface area contributed by atoms with Gasteiger partial charge in [0.15, 0.2) is 0 Å². The van der Waals surface area contributed by atoms with Gasteiger partial charge in [0, 0.05) is 19.6 Å². The number of ether oxygens (including phenoxy) is 1. The number of carboxylic acids is 1. The lowest BCUT2D eigenvalue weighted by Gasteiger charge is -2.31. The van der Waals surface area contributed by atoms with Gasteiger partial charge in [-0.05, 0) is 19.3 Å². The molecule has 0 unspecified atom stereocenters. The Morgan fingerprint density at radius 3 is 2.69 bits per heavy atom. The molecule has 0 spiro atoms. The maximum Gasteiger partial charge on any atom is 0.305 e. The summed E-state index contributed by atoms with van der Waals surface area (Å²) >= 11 is 0. The zero-order valence-electron chi connectivity index (χ0n) is 9.53. The molecule has 94 valence electrons. The molecule has 0 bridgehead atoms. The van der Waals surface area contributed by atoms with E-state index in [9.17, 15) is 9.18 Å². The Morgan fingerprint density at radius 1 is 1.44 bits per heavy atom. The number of carboxylic acid groups (broad SMARTS) is 1. The third kappa shape index (κ3) is 5.42. The monoisotopic (exact) mass is 233 g/mol. The van der Waals surface area contributed by atoms with Gasteiger partial charge in [0.2, 0.25) is 0 Å². The fourth-order valence-corrected chi connectivity index (χ4v) is 1.90. The van der Waals surface area contributed by atoms with Crippen LogP contribution in [0.3, 0.4) is 0 Å². The van der Waals surface area contributed by atoms with Gasteiger partial charge in [-0.2, -0.15) is 0 Å². The highest BCUT2D eigenvalue weighted by Gasteiger charge is 2.19. The molecule has 1 heterocycles. The molecule has 0 aromatic rings. The fourth-order valence-electron chi connectivity index (χ4n) is 1.90. The first kappa shape index (κ1) is 13.4. The number of hydrogen-bond acceptors (Lipinski definition) is 3. The first-order valence-corrected chi connectivity index (χ1v) is 5.84. The molecule has 1 saturated heterocycles. The van der Waals surface area contributed by atoms with Crippen LogP contribution in [0, 0.1) is 0 Å². The molecule has 1 fully saturated rings. The minimum Gasteiger partial charge on any atom is -0.481 e. The molecule has 0 saturated carbocycles. The number of likely N-dealkylation sites (tertiary alicyclic amines) is 1. The SMILES string of the molecule is O=C(O)CCOC1CCN(CCCF)CC1. The van der Waals surface area contributed by atoms with Crippen molar-refractivity contribution >= 4 is 5.97 Å². The maximum absolute atomic E-state index is 12.0. The molecule has 0 atom stereocenters. The van der Waals surface area contributed by atoms with Crippen molar-refractivity contribution < 1.29 is 19.0 Å².